The number of nitrogens with zero attached hydrogens (tertiary/aromatic N) is 1. The number of terminal acetylenes is 1. The molecule has 28 heavy (non-hydrogen) atoms. The maximum Gasteiger partial charge on any atom is 0.309 e. The zero-order valence-electron chi connectivity index (χ0n) is 17.4. The summed E-state index contributed by atoms with van der Waals surface area (Å²) >= 11 is 0. The fourth-order valence-corrected chi connectivity index (χ4v) is 5.59. The predicted molar refractivity (Wildman–Crippen MR) is 112 cm³/mol. The summed E-state index contributed by atoms with van der Waals surface area (Å²) < 4.78 is 0. The number of carboxylic acid groups (broad SMARTS) is 1. The Morgan fingerprint density at radius 1 is 1.43 bits per heavy atom. The van der Waals surface area contributed by atoms with E-state index in [1.807, 2.05) is 6.92 Å². The quantitative estimate of drug-likeness (QED) is 0.342. The number of fused-ring (bicyclic) bond motifs is 3. The second-order valence-electron chi connectivity index (χ2n) is 9.09. The highest BCUT2D eigenvalue weighted by Gasteiger charge is 2.55. The first-order chi connectivity index (χ1) is 13.2. The van der Waals surface area contributed by atoms with Crippen molar-refractivity contribution in [2.24, 2.45) is 16.5 Å². The molecule has 0 spiro atoms. The van der Waals surface area contributed by atoms with Crippen LogP contribution in [0.3, 0.4) is 0 Å². The Kier molecular flexibility index (Phi) is 5.57. The van der Waals surface area contributed by atoms with Gasteiger partial charge in [0.25, 0.3) is 0 Å². The van der Waals surface area contributed by atoms with Gasteiger partial charge in [-0.2, -0.15) is 0 Å². The van der Waals surface area contributed by atoms with E-state index in [1.165, 1.54) is 16.7 Å². The summed E-state index contributed by atoms with van der Waals surface area (Å²) in [5.41, 5.74) is 4.14. The van der Waals surface area contributed by atoms with Crippen molar-refractivity contribution in [3.05, 3.63) is 34.4 Å². The van der Waals surface area contributed by atoms with Gasteiger partial charge in [0.1, 0.15) is 0 Å². The molecule has 1 aromatic carbocycles. The van der Waals surface area contributed by atoms with Crippen molar-refractivity contribution < 1.29 is 14.7 Å². The Balaban J connectivity index is 2.09. The van der Waals surface area contributed by atoms with E-state index < -0.39 is 11.4 Å². The van der Waals surface area contributed by atoms with Crippen LogP contribution in [0.4, 0.5) is 0 Å². The molecule has 1 aromatic rings. The molecule has 4 heteroatoms. The van der Waals surface area contributed by atoms with Crippen LogP contribution in [-0.4, -0.2) is 23.9 Å². The first-order valence-electron chi connectivity index (χ1n) is 10.2. The fraction of sp³-hybridized carbons (Fsp3) is 0.583. The molecule has 3 atom stereocenters. The average molecular weight is 382 g/mol. The van der Waals surface area contributed by atoms with Crippen LogP contribution in [0.2, 0.25) is 0 Å². The van der Waals surface area contributed by atoms with Crippen molar-refractivity contribution in [3.63, 3.8) is 0 Å². The molecule has 0 saturated heterocycles. The lowest BCUT2D eigenvalue weighted by molar-refractivity contribution is -0.157. The van der Waals surface area contributed by atoms with E-state index in [9.17, 15) is 9.90 Å². The summed E-state index contributed by atoms with van der Waals surface area (Å²) in [4.78, 5) is 17.3. The van der Waals surface area contributed by atoms with Crippen molar-refractivity contribution >= 4 is 12.2 Å². The third-order valence-electron chi connectivity index (χ3n) is 7.08. The SMILES string of the molecule is C#CCO/N=C/c1cc2c(cc1C(C)C)CCC1C(C)(C(=O)O)CCC[C@]21C. The van der Waals surface area contributed by atoms with Crippen LogP contribution in [-0.2, 0) is 21.5 Å². The van der Waals surface area contributed by atoms with Gasteiger partial charge in [-0.1, -0.05) is 44.3 Å². The molecule has 1 N–H and O–H groups in total. The van der Waals surface area contributed by atoms with E-state index in [0.717, 1.165) is 37.7 Å². The molecular formula is C24H31NO3. The molecule has 1 fully saturated rings. The van der Waals surface area contributed by atoms with Gasteiger partial charge in [-0.15, -0.1) is 6.42 Å². The summed E-state index contributed by atoms with van der Waals surface area (Å²) in [6, 6.07) is 4.53. The van der Waals surface area contributed by atoms with Gasteiger partial charge in [0.2, 0.25) is 0 Å². The van der Waals surface area contributed by atoms with E-state index in [4.69, 9.17) is 11.3 Å². The minimum Gasteiger partial charge on any atom is -0.481 e. The molecule has 4 nitrogen and oxygen atoms in total. The monoisotopic (exact) mass is 381 g/mol. The van der Waals surface area contributed by atoms with E-state index >= 15 is 0 Å². The Morgan fingerprint density at radius 3 is 2.82 bits per heavy atom. The third-order valence-corrected chi connectivity index (χ3v) is 7.08. The Bertz CT molecular complexity index is 835. The number of benzene rings is 1. The van der Waals surface area contributed by atoms with Crippen molar-refractivity contribution in [1.29, 1.82) is 0 Å². The van der Waals surface area contributed by atoms with Crippen molar-refractivity contribution in [2.75, 3.05) is 6.61 Å². The number of hydrogen-bond acceptors (Lipinski definition) is 3. The zero-order chi connectivity index (χ0) is 20.5. The summed E-state index contributed by atoms with van der Waals surface area (Å²) in [5, 5.41) is 14.0. The second-order valence-corrected chi connectivity index (χ2v) is 9.09. The van der Waals surface area contributed by atoms with Crippen molar-refractivity contribution in [1.82, 2.24) is 0 Å². The lowest BCUT2D eigenvalue weighted by atomic mass is 9.49. The van der Waals surface area contributed by atoms with Crippen LogP contribution < -0.4 is 0 Å². The predicted octanol–water partition coefficient (Wildman–Crippen LogP) is 4.89. The van der Waals surface area contributed by atoms with Crippen molar-refractivity contribution in [3.8, 4) is 12.3 Å². The number of rotatable bonds is 5. The molecule has 2 unspecified atom stereocenters. The van der Waals surface area contributed by atoms with Gasteiger partial charge in [-0.3, -0.25) is 4.79 Å². The molecule has 1 saturated carbocycles. The smallest absolute Gasteiger partial charge is 0.309 e. The molecule has 0 bridgehead atoms. The number of aliphatic carboxylic acids is 1. The fourth-order valence-electron chi connectivity index (χ4n) is 5.59. The largest absolute Gasteiger partial charge is 0.481 e. The summed E-state index contributed by atoms with van der Waals surface area (Å²) in [7, 11) is 0. The van der Waals surface area contributed by atoms with Crippen LogP contribution in [0.25, 0.3) is 0 Å². The number of carbonyl (C=O) groups is 1. The number of hydrogen-bond donors (Lipinski definition) is 1. The standard InChI is InChI=1S/C24H31NO3/c1-6-12-28-25-15-18-14-20-17(13-19(18)16(2)3)8-9-21-23(20,4)10-7-11-24(21,5)22(26)27/h1,13-16,21H,7-12H2,2-5H3,(H,26,27)/b25-15+/t21?,23-,24?/m1/s1. The molecule has 0 amide bonds. The van der Waals surface area contributed by atoms with Crippen LogP contribution in [0, 0.1) is 23.7 Å². The molecule has 2 aliphatic carbocycles. The van der Waals surface area contributed by atoms with Crippen LogP contribution in [0.1, 0.15) is 81.5 Å². The van der Waals surface area contributed by atoms with Gasteiger partial charge in [-0.05, 0) is 78.2 Å². The highest BCUT2D eigenvalue weighted by atomic mass is 16.6. The molecule has 0 aromatic heterocycles. The number of oxime groups is 1. The molecule has 3 rings (SSSR count). The van der Waals surface area contributed by atoms with Crippen LogP contribution in [0.5, 0.6) is 0 Å². The van der Waals surface area contributed by atoms with Gasteiger partial charge in [-0.25, -0.2) is 0 Å². The molecule has 0 heterocycles. The van der Waals surface area contributed by atoms with E-state index in [2.05, 4.69) is 44.0 Å². The maximum atomic E-state index is 12.1. The van der Waals surface area contributed by atoms with Crippen LogP contribution in [0.15, 0.2) is 17.3 Å². The first-order valence-corrected chi connectivity index (χ1v) is 10.2. The van der Waals surface area contributed by atoms with Crippen LogP contribution >= 0.6 is 0 Å². The van der Waals surface area contributed by atoms with E-state index in [0.29, 0.717) is 5.92 Å². The lowest BCUT2D eigenvalue weighted by Gasteiger charge is -2.53. The summed E-state index contributed by atoms with van der Waals surface area (Å²) in [6.07, 6.45) is 11.6. The third kappa shape index (κ3) is 3.32. The van der Waals surface area contributed by atoms with Gasteiger partial charge >= 0.3 is 5.97 Å². The Labute approximate surface area is 168 Å². The maximum absolute atomic E-state index is 12.1. The summed E-state index contributed by atoms with van der Waals surface area (Å²) in [6.45, 7) is 8.71. The van der Waals surface area contributed by atoms with Gasteiger partial charge < -0.3 is 9.94 Å². The van der Waals surface area contributed by atoms with Gasteiger partial charge in [0.15, 0.2) is 6.61 Å². The second kappa shape index (κ2) is 7.62. The van der Waals surface area contributed by atoms with Gasteiger partial charge in [0.05, 0.1) is 11.6 Å². The highest BCUT2D eigenvalue weighted by molar-refractivity contribution is 5.83. The minimum atomic E-state index is -0.661. The van der Waals surface area contributed by atoms with E-state index in [-0.39, 0.29) is 17.9 Å². The molecule has 0 aliphatic heterocycles. The Morgan fingerprint density at radius 2 is 2.18 bits per heavy atom. The van der Waals surface area contributed by atoms with E-state index in [1.54, 1.807) is 6.21 Å². The number of carboxylic acids is 1. The lowest BCUT2D eigenvalue weighted by Crippen LogP contribution is -2.52. The summed E-state index contributed by atoms with van der Waals surface area (Å²) in [5.74, 6) is 2.26. The normalized spacial score (nSPS) is 29.2. The highest BCUT2D eigenvalue weighted by Crippen LogP contribution is 2.57. The average Bonchev–Trinajstić information content (AvgIpc) is 2.64. The topological polar surface area (TPSA) is 58.9 Å². The Hall–Kier alpha value is -2.28. The molecule has 150 valence electrons. The first kappa shape index (κ1) is 20.5. The number of aryl methyl sites for hydroxylation is 1. The minimum absolute atomic E-state index is 0.128. The van der Waals surface area contributed by atoms with Crippen molar-refractivity contribution in [2.45, 2.75) is 71.1 Å². The molecule has 2 aliphatic rings. The van der Waals surface area contributed by atoms with Gasteiger partial charge in [0, 0.05) is 0 Å². The molecule has 0 radical (unpaired) electrons. The zero-order valence-corrected chi connectivity index (χ0v) is 17.4. The molecular weight excluding hydrogens is 350 g/mol.